The van der Waals surface area contributed by atoms with Crippen LogP contribution in [0.15, 0.2) is 42.5 Å². The number of para-hydroxylation sites is 1. The molecule has 4 rings (SSSR count). The number of nitrogens with zero attached hydrogens (tertiary/aromatic N) is 3. The van der Waals surface area contributed by atoms with Crippen LogP contribution in [0.2, 0.25) is 0 Å². The summed E-state index contributed by atoms with van der Waals surface area (Å²) in [6, 6.07) is 13.5. The van der Waals surface area contributed by atoms with Crippen LogP contribution in [0.5, 0.6) is 11.5 Å². The van der Waals surface area contributed by atoms with Crippen molar-refractivity contribution >= 4 is 11.9 Å². The maximum absolute atomic E-state index is 13.8. The van der Waals surface area contributed by atoms with E-state index in [-0.39, 0.29) is 24.4 Å². The lowest BCUT2D eigenvalue weighted by Gasteiger charge is -2.31. The summed E-state index contributed by atoms with van der Waals surface area (Å²) in [5.74, 6) is -0.00411. The second kappa shape index (κ2) is 13.7. The highest BCUT2D eigenvalue weighted by Gasteiger charge is 2.47. The lowest BCUT2D eigenvalue weighted by molar-refractivity contribution is -0.870. The molecule has 2 heterocycles. The maximum Gasteiger partial charge on any atom is 0.308 e. The average Bonchev–Trinajstić information content (AvgIpc) is 3.54. The number of carboxylic acids is 1. The standard InChI is InChI=1S/C33H47N3O5/c1-6-7-16-34(17-10-18-36(2,3)4)31(37)23-35-22-27(24-13-14-30-26(20-24)15-19-41-30)32(33(38)39)28(35)21-25-11-8-9-12-29(25)40-5/h8-9,11-14,20,27-28,32H,6-7,10,15-19,21-23H2,1-5H3/p+1/t27-,28+,32-/m1/s1. The van der Waals surface area contributed by atoms with Gasteiger partial charge in [-0.2, -0.15) is 0 Å². The van der Waals surface area contributed by atoms with Gasteiger partial charge in [0.25, 0.3) is 0 Å². The number of unbranched alkanes of at least 4 members (excludes halogenated alkanes) is 1. The van der Waals surface area contributed by atoms with E-state index in [1.807, 2.05) is 41.3 Å². The van der Waals surface area contributed by atoms with Crippen molar-refractivity contribution < 1.29 is 28.7 Å². The summed E-state index contributed by atoms with van der Waals surface area (Å²) in [4.78, 5) is 30.9. The number of rotatable bonds is 14. The lowest BCUT2D eigenvalue weighted by atomic mass is 9.82. The number of methoxy groups -OCH3 is 1. The fraction of sp³-hybridized carbons (Fsp3) is 0.576. The van der Waals surface area contributed by atoms with Gasteiger partial charge in [-0.15, -0.1) is 0 Å². The Morgan fingerprint density at radius 2 is 1.88 bits per heavy atom. The Bertz CT molecular complexity index is 1190. The summed E-state index contributed by atoms with van der Waals surface area (Å²) in [5, 5.41) is 10.6. The zero-order chi connectivity index (χ0) is 29.6. The van der Waals surface area contributed by atoms with Gasteiger partial charge in [-0.3, -0.25) is 14.5 Å². The molecule has 3 atom stereocenters. The summed E-state index contributed by atoms with van der Waals surface area (Å²) in [5.41, 5.74) is 3.09. The van der Waals surface area contributed by atoms with Crippen LogP contribution < -0.4 is 9.47 Å². The SMILES string of the molecule is CCCCN(CCC[N+](C)(C)C)C(=O)CN1C[C@H](c2ccc3c(c2)CCO3)[C@@H](C(=O)O)[C@@H]1Cc1ccccc1OC. The molecular formula is C33H48N3O5+. The van der Waals surface area contributed by atoms with E-state index in [1.54, 1.807) is 7.11 Å². The fourth-order valence-corrected chi connectivity index (χ4v) is 6.34. The number of aliphatic carboxylic acids is 1. The zero-order valence-corrected chi connectivity index (χ0v) is 25.5. The lowest BCUT2D eigenvalue weighted by Crippen LogP contribution is -2.46. The van der Waals surface area contributed by atoms with Crippen LogP contribution in [-0.4, -0.2) is 105 Å². The van der Waals surface area contributed by atoms with Crippen molar-refractivity contribution in [3.05, 3.63) is 59.2 Å². The summed E-state index contributed by atoms with van der Waals surface area (Å²) in [7, 11) is 8.15. The number of quaternary nitrogens is 1. The second-order valence-electron chi connectivity index (χ2n) is 12.6. The second-order valence-corrected chi connectivity index (χ2v) is 12.6. The number of fused-ring (bicyclic) bond motifs is 1. The molecule has 0 unspecified atom stereocenters. The van der Waals surface area contributed by atoms with Gasteiger partial charge in [0.2, 0.25) is 5.91 Å². The molecule has 0 bridgehead atoms. The molecule has 2 aliphatic heterocycles. The minimum atomic E-state index is -0.826. The van der Waals surface area contributed by atoms with Crippen LogP contribution in [0.4, 0.5) is 0 Å². The molecule has 1 N–H and O–H groups in total. The van der Waals surface area contributed by atoms with E-state index in [0.717, 1.165) is 78.0 Å². The summed E-state index contributed by atoms with van der Waals surface area (Å²) >= 11 is 0. The molecule has 0 saturated carbocycles. The van der Waals surface area contributed by atoms with Gasteiger partial charge in [0.1, 0.15) is 11.5 Å². The number of hydrogen-bond acceptors (Lipinski definition) is 5. The fourth-order valence-electron chi connectivity index (χ4n) is 6.34. The normalized spacial score (nSPS) is 20.5. The van der Waals surface area contributed by atoms with Gasteiger partial charge in [-0.25, -0.2) is 0 Å². The number of carboxylic acid groups (broad SMARTS) is 1. The Morgan fingerprint density at radius 1 is 1.12 bits per heavy atom. The van der Waals surface area contributed by atoms with Crippen LogP contribution in [0, 0.1) is 5.92 Å². The highest BCUT2D eigenvalue weighted by atomic mass is 16.5. The third-order valence-corrected chi connectivity index (χ3v) is 8.53. The monoisotopic (exact) mass is 566 g/mol. The number of carbonyl (C=O) groups excluding carboxylic acids is 1. The maximum atomic E-state index is 13.8. The topological polar surface area (TPSA) is 79.3 Å². The zero-order valence-electron chi connectivity index (χ0n) is 25.5. The van der Waals surface area contributed by atoms with Crippen molar-refractivity contribution in [2.75, 3.05) is 67.6 Å². The number of carbonyl (C=O) groups is 2. The van der Waals surface area contributed by atoms with Crippen molar-refractivity contribution in [3.8, 4) is 11.5 Å². The average molecular weight is 567 g/mol. The first kappa shape index (κ1) is 30.8. The van der Waals surface area contributed by atoms with Gasteiger partial charge < -0.3 is 24.0 Å². The van der Waals surface area contributed by atoms with E-state index in [4.69, 9.17) is 9.47 Å². The summed E-state index contributed by atoms with van der Waals surface area (Å²) < 4.78 is 12.2. The van der Waals surface area contributed by atoms with Crippen molar-refractivity contribution in [3.63, 3.8) is 0 Å². The van der Waals surface area contributed by atoms with Gasteiger partial charge in [0.15, 0.2) is 0 Å². The number of benzene rings is 2. The van der Waals surface area contributed by atoms with Crippen LogP contribution in [-0.2, 0) is 22.4 Å². The van der Waals surface area contributed by atoms with Gasteiger partial charge in [0, 0.05) is 44.4 Å². The molecule has 8 heteroatoms. The molecule has 2 aromatic carbocycles. The van der Waals surface area contributed by atoms with E-state index in [0.29, 0.717) is 19.6 Å². The van der Waals surface area contributed by atoms with Crippen molar-refractivity contribution in [2.45, 2.75) is 51.0 Å². The van der Waals surface area contributed by atoms with E-state index in [9.17, 15) is 14.7 Å². The predicted octanol–water partition coefficient (Wildman–Crippen LogP) is 4.07. The van der Waals surface area contributed by atoms with E-state index < -0.39 is 11.9 Å². The molecule has 8 nitrogen and oxygen atoms in total. The minimum Gasteiger partial charge on any atom is -0.496 e. The van der Waals surface area contributed by atoms with Gasteiger partial charge in [-0.05, 0) is 41.7 Å². The molecule has 1 fully saturated rings. The van der Waals surface area contributed by atoms with Gasteiger partial charge >= 0.3 is 5.97 Å². The molecule has 2 aliphatic rings. The first-order valence-corrected chi connectivity index (χ1v) is 15.0. The van der Waals surface area contributed by atoms with Gasteiger partial charge in [-0.1, -0.05) is 43.7 Å². The van der Waals surface area contributed by atoms with Crippen molar-refractivity contribution in [1.29, 1.82) is 0 Å². The smallest absolute Gasteiger partial charge is 0.308 e. The number of hydrogen-bond donors (Lipinski definition) is 1. The molecule has 41 heavy (non-hydrogen) atoms. The van der Waals surface area contributed by atoms with Crippen molar-refractivity contribution in [1.82, 2.24) is 9.80 Å². The summed E-state index contributed by atoms with van der Waals surface area (Å²) in [6.45, 7) is 5.96. The van der Waals surface area contributed by atoms with E-state index >= 15 is 0 Å². The molecule has 0 aliphatic carbocycles. The van der Waals surface area contributed by atoms with E-state index in [1.165, 1.54) is 0 Å². The molecule has 0 aromatic heterocycles. The Balaban J connectivity index is 1.62. The molecule has 0 spiro atoms. The third kappa shape index (κ3) is 7.80. The van der Waals surface area contributed by atoms with Crippen LogP contribution in [0.25, 0.3) is 0 Å². The van der Waals surface area contributed by atoms with E-state index in [2.05, 4.69) is 39.0 Å². The Labute approximate surface area is 245 Å². The molecule has 1 saturated heterocycles. The van der Waals surface area contributed by atoms with Crippen LogP contribution in [0.1, 0.15) is 48.8 Å². The highest BCUT2D eigenvalue weighted by molar-refractivity contribution is 5.79. The van der Waals surface area contributed by atoms with Crippen LogP contribution in [0.3, 0.4) is 0 Å². The first-order chi connectivity index (χ1) is 19.6. The summed E-state index contributed by atoms with van der Waals surface area (Å²) in [6.07, 6.45) is 4.24. The van der Waals surface area contributed by atoms with Crippen molar-refractivity contribution in [2.24, 2.45) is 5.92 Å². The highest BCUT2D eigenvalue weighted by Crippen LogP contribution is 2.41. The Morgan fingerprint density at radius 3 is 2.59 bits per heavy atom. The molecule has 1 amide bonds. The molecule has 224 valence electrons. The number of amides is 1. The minimum absolute atomic E-state index is 0.0806. The van der Waals surface area contributed by atoms with Crippen LogP contribution >= 0.6 is 0 Å². The molecule has 2 aromatic rings. The molecule has 0 radical (unpaired) electrons. The predicted molar refractivity (Wildman–Crippen MR) is 161 cm³/mol. The quantitative estimate of drug-likeness (QED) is 0.348. The van der Waals surface area contributed by atoms with Gasteiger partial charge in [0.05, 0.1) is 53.9 Å². The largest absolute Gasteiger partial charge is 0.496 e. The Hall–Kier alpha value is -3.10. The number of likely N-dealkylation sites (tertiary alicyclic amines) is 1. The Kier molecular flexibility index (Phi) is 10.3. The third-order valence-electron chi connectivity index (χ3n) is 8.53. The first-order valence-electron chi connectivity index (χ1n) is 15.0. The number of ether oxygens (including phenoxy) is 2. The molecular weight excluding hydrogens is 518 g/mol.